The Bertz CT molecular complexity index is 975. The fourth-order valence-corrected chi connectivity index (χ4v) is 3.95. The van der Waals surface area contributed by atoms with Gasteiger partial charge in [-0.05, 0) is 38.0 Å². The highest BCUT2D eigenvalue weighted by Gasteiger charge is 2.13. The molecule has 0 aliphatic rings. The average molecular weight is 380 g/mol. The lowest BCUT2D eigenvalue weighted by Crippen LogP contribution is -2.16. The summed E-state index contributed by atoms with van der Waals surface area (Å²) in [7, 11) is 0. The zero-order chi connectivity index (χ0) is 19.6. The summed E-state index contributed by atoms with van der Waals surface area (Å²) >= 11 is 1.46. The standard InChI is InChI=1S/C22H25N3OS/c1-13(2)21-23-18-9-7-6-8-17(18)22(25-21)27-12-19(26)24-20-15(4)10-14(3)11-16(20)5/h6-11,13H,12H2,1-5H3,(H,24,26). The van der Waals surface area contributed by atoms with Crippen molar-refractivity contribution in [2.75, 3.05) is 11.1 Å². The number of aryl methyl sites for hydroxylation is 3. The van der Waals surface area contributed by atoms with Gasteiger partial charge in [0.1, 0.15) is 10.9 Å². The van der Waals surface area contributed by atoms with Crippen LogP contribution in [0, 0.1) is 20.8 Å². The molecule has 1 amide bonds. The molecule has 1 heterocycles. The molecule has 0 atom stereocenters. The summed E-state index contributed by atoms with van der Waals surface area (Å²) in [6, 6.07) is 12.1. The molecule has 5 heteroatoms. The second-order valence-electron chi connectivity index (χ2n) is 7.17. The fraction of sp³-hybridized carbons (Fsp3) is 0.318. The third kappa shape index (κ3) is 4.48. The van der Waals surface area contributed by atoms with Crippen LogP contribution in [0.2, 0.25) is 0 Å². The van der Waals surface area contributed by atoms with Gasteiger partial charge in [-0.25, -0.2) is 9.97 Å². The van der Waals surface area contributed by atoms with E-state index >= 15 is 0 Å². The highest BCUT2D eigenvalue weighted by Crippen LogP contribution is 2.28. The summed E-state index contributed by atoms with van der Waals surface area (Å²) in [5, 5.41) is 4.90. The molecule has 0 fully saturated rings. The minimum absolute atomic E-state index is 0.0242. The summed E-state index contributed by atoms with van der Waals surface area (Å²) in [5.41, 5.74) is 5.19. The van der Waals surface area contributed by atoms with Crippen molar-refractivity contribution in [3.05, 3.63) is 58.9 Å². The van der Waals surface area contributed by atoms with Gasteiger partial charge in [0.05, 0.1) is 11.3 Å². The average Bonchev–Trinajstić information content (AvgIpc) is 2.62. The number of carbonyl (C=O) groups excluding carboxylic acids is 1. The van der Waals surface area contributed by atoms with E-state index in [0.717, 1.165) is 38.6 Å². The van der Waals surface area contributed by atoms with Gasteiger partial charge in [0, 0.05) is 17.0 Å². The van der Waals surface area contributed by atoms with E-state index in [1.165, 1.54) is 17.3 Å². The van der Waals surface area contributed by atoms with E-state index in [2.05, 4.69) is 43.2 Å². The van der Waals surface area contributed by atoms with Crippen LogP contribution in [-0.4, -0.2) is 21.6 Å². The Hall–Kier alpha value is -2.40. The fourth-order valence-electron chi connectivity index (χ4n) is 3.12. The molecule has 2 aromatic carbocycles. The number of carbonyl (C=O) groups is 1. The van der Waals surface area contributed by atoms with Crippen LogP contribution in [0.5, 0.6) is 0 Å². The number of benzene rings is 2. The number of hydrogen-bond acceptors (Lipinski definition) is 4. The Morgan fingerprint density at radius 3 is 2.41 bits per heavy atom. The van der Waals surface area contributed by atoms with Gasteiger partial charge in [-0.15, -0.1) is 0 Å². The summed E-state index contributed by atoms with van der Waals surface area (Å²) < 4.78 is 0. The van der Waals surface area contributed by atoms with Crippen LogP contribution < -0.4 is 5.32 Å². The predicted molar refractivity (Wildman–Crippen MR) is 114 cm³/mol. The number of thioether (sulfide) groups is 1. The first kappa shape index (κ1) is 19.4. The molecule has 0 saturated carbocycles. The van der Waals surface area contributed by atoms with Crippen molar-refractivity contribution in [3.8, 4) is 0 Å². The Labute approximate surface area is 164 Å². The van der Waals surface area contributed by atoms with Crippen molar-refractivity contribution in [2.24, 2.45) is 0 Å². The van der Waals surface area contributed by atoms with E-state index in [-0.39, 0.29) is 11.8 Å². The molecule has 0 aliphatic carbocycles. The van der Waals surface area contributed by atoms with Gasteiger partial charge >= 0.3 is 0 Å². The van der Waals surface area contributed by atoms with Gasteiger partial charge in [0.15, 0.2) is 0 Å². The first-order valence-corrected chi connectivity index (χ1v) is 10.1. The van der Waals surface area contributed by atoms with Crippen molar-refractivity contribution < 1.29 is 4.79 Å². The zero-order valence-electron chi connectivity index (χ0n) is 16.5. The lowest BCUT2D eigenvalue weighted by molar-refractivity contribution is -0.113. The SMILES string of the molecule is Cc1cc(C)c(NC(=O)CSc2nc(C(C)C)nc3ccccc23)c(C)c1. The molecule has 1 aromatic heterocycles. The van der Waals surface area contributed by atoms with E-state index in [1.807, 2.05) is 38.1 Å². The van der Waals surface area contributed by atoms with Gasteiger partial charge in [-0.1, -0.05) is 61.5 Å². The molecular formula is C22H25N3OS. The van der Waals surface area contributed by atoms with Crippen LogP contribution >= 0.6 is 11.8 Å². The number of hydrogen-bond donors (Lipinski definition) is 1. The van der Waals surface area contributed by atoms with Gasteiger partial charge in [0.2, 0.25) is 5.91 Å². The largest absolute Gasteiger partial charge is 0.325 e. The molecule has 0 aliphatic heterocycles. The van der Waals surface area contributed by atoms with Crippen LogP contribution in [-0.2, 0) is 4.79 Å². The van der Waals surface area contributed by atoms with E-state index in [0.29, 0.717) is 5.75 Å². The number of anilines is 1. The van der Waals surface area contributed by atoms with Crippen molar-refractivity contribution in [2.45, 2.75) is 45.6 Å². The Morgan fingerprint density at radius 1 is 1.07 bits per heavy atom. The number of nitrogens with zero attached hydrogens (tertiary/aromatic N) is 2. The monoisotopic (exact) mass is 379 g/mol. The van der Waals surface area contributed by atoms with Crippen LogP contribution in [0.3, 0.4) is 0 Å². The van der Waals surface area contributed by atoms with E-state index in [1.54, 1.807) is 0 Å². The maximum Gasteiger partial charge on any atom is 0.234 e. The quantitative estimate of drug-likeness (QED) is 0.476. The first-order valence-electron chi connectivity index (χ1n) is 9.12. The zero-order valence-corrected chi connectivity index (χ0v) is 17.3. The maximum atomic E-state index is 12.6. The smallest absolute Gasteiger partial charge is 0.234 e. The molecule has 0 spiro atoms. The Balaban J connectivity index is 1.80. The minimum atomic E-state index is -0.0242. The van der Waals surface area contributed by atoms with Crippen LogP contribution in [0.1, 0.15) is 42.3 Å². The van der Waals surface area contributed by atoms with Crippen molar-refractivity contribution in [3.63, 3.8) is 0 Å². The number of nitrogens with one attached hydrogen (secondary N) is 1. The Kier molecular flexibility index (Phi) is 5.80. The van der Waals surface area contributed by atoms with Gasteiger partial charge in [-0.3, -0.25) is 4.79 Å². The summed E-state index contributed by atoms with van der Waals surface area (Å²) in [6.45, 7) is 10.3. The molecule has 0 bridgehead atoms. The number of fused-ring (bicyclic) bond motifs is 1. The lowest BCUT2D eigenvalue weighted by atomic mass is 10.1. The summed E-state index contributed by atoms with van der Waals surface area (Å²) in [5.74, 6) is 1.33. The second-order valence-corrected chi connectivity index (χ2v) is 8.13. The van der Waals surface area contributed by atoms with Crippen LogP contribution in [0.4, 0.5) is 5.69 Å². The van der Waals surface area contributed by atoms with Gasteiger partial charge in [0.25, 0.3) is 0 Å². The minimum Gasteiger partial charge on any atom is -0.325 e. The second kappa shape index (κ2) is 8.09. The molecule has 4 nitrogen and oxygen atoms in total. The highest BCUT2D eigenvalue weighted by molar-refractivity contribution is 8.00. The number of para-hydroxylation sites is 1. The van der Waals surface area contributed by atoms with Crippen molar-refractivity contribution in [1.29, 1.82) is 0 Å². The first-order chi connectivity index (χ1) is 12.8. The normalized spacial score (nSPS) is 11.2. The lowest BCUT2D eigenvalue weighted by Gasteiger charge is -2.13. The molecule has 140 valence electrons. The number of rotatable bonds is 5. The summed E-state index contributed by atoms with van der Waals surface area (Å²) in [4.78, 5) is 21.9. The summed E-state index contributed by atoms with van der Waals surface area (Å²) in [6.07, 6.45) is 0. The van der Waals surface area contributed by atoms with E-state index < -0.39 is 0 Å². The molecule has 1 N–H and O–H groups in total. The van der Waals surface area contributed by atoms with Gasteiger partial charge < -0.3 is 5.32 Å². The molecule has 0 unspecified atom stereocenters. The molecule has 0 saturated heterocycles. The maximum absolute atomic E-state index is 12.6. The Morgan fingerprint density at radius 2 is 1.74 bits per heavy atom. The topological polar surface area (TPSA) is 54.9 Å². The number of amides is 1. The molecule has 0 radical (unpaired) electrons. The van der Waals surface area contributed by atoms with E-state index in [9.17, 15) is 4.79 Å². The van der Waals surface area contributed by atoms with Gasteiger partial charge in [-0.2, -0.15) is 0 Å². The molecule has 3 rings (SSSR count). The number of aromatic nitrogens is 2. The van der Waals surface area contributed by atoms with Crippen LogP contribution in [0.25, 0.3) is 10.9 Å². The van der Waals surface area contributed by atoms with Crippen molar-refractivity contribution >= 4 is 34.3 Å². The third-order valence-electron chi connectivity index (χ3n) is 4.38. The third-order valence-corrected chi connectivity index (χ3v) is 5.37. The highest BCUT2D eigenvalue weighted by atomic mass is 32.2. The van der Waals surface area contributed by atoms with E-state index in [4.69, 9.17) is 4.98 Å². The predicted octanol–water partition coefficient (Wildman–Crippen LogP) is 5.41. The van der Waals surface area contributed by atoms with Crippen LogP contribution in [0.15, 0.2) is 41.4 Å². The van der Waals surface area contributed by atoms with Crippen molar-refractivity contribution in [1.82, 2.24) is 9.97 Å². The molecular weight excluding hydrogens is 354 g/mol. The molecule has 3 aromatic rings. The molecule has 27 heavy (non-hydrogen) atoms.